The normalized spacial score (nSPS) is 40.8. The van der Waals surface area contributed by atoms with E-state index in [1.807, 2.05) is 0 Å². The van der Waals surface area contributed by atoms with Gasteiger partial charge in [0.15, 0.2) is 0 Å². The molecule has 1 saturated heterocycles. The zero-order chi connectivity index (χ0) is 9.10. The Balaban J connectivity index is 1.91. The summed E-state index contributed by atoms with van der Waals surface area (Å²) in [5.41, 5.74) is 0. The third-order valence-electron chi connectivity index (χ3n) is 3.52. The van der Waals surface area contributed by atoms with Crippen molar-refractivity contribution >= 4 is 0 Å². The fourth-order valence-corrected chi connectivity index (χ4v) is 2.54. The van der Waals surface area contributed by atoms with Crippen LogP contribution in [-0.2, 0) is 4.74 Å². The molecule has 1 N–H and O–H groups in total. The van der Waals surface area contributed by atoms with Gasteiger partial charge in [-0.2, -0.15) is 0 Å². The van der Waals surface area contributed by atoms with Crippen LogP contribution >= 0.6 is 0 Å². The van der Waals surface area contributed by atoms with E-state index >= 15 is 0 Å². The van der Waals surface area contributed by atoms with Gasteiger partial charge < -0.3 is 10.1 Å². The average Bonchev–Trinajstić information content (AvgIpc) is 2.39. The van der Waals surface area contributed by atoms with E-state index in [0.29, 0.717) is 6.10 Å². The molecule has 2 aliphatic rings. The average molecular weight is 183 g/mol. The molecule has 0 aromatic rings. The van der Waals surface area contributed by atoms with Crippen LogP contribution in [0.25, 0.3) is 0 Å². The molecule has 0 aromatic carbocycles. The lowest BCUT2D eigenvalue weighted by atomic mass is 9.85. The van der Waals surface area contributed by atoms with E-state index in [0.717, 1.165) is 31.5 Å². The third-order valence-corrected chi connectivity index (χ3v) is 3.52. The maximum Gasteiger partial charge on any atom is 0.0697 e. The number of rotatable bonds is 1. The van der Waals surface area contributed by atoms with Gasteiger partial charge in [-0.3, -0.25) is 0 Å². The lowest BCUT2D eigenvalue weighted by Gasteiger charge is -2.29. The first-order valence-corrected chi connectivity index (χ1v) is 5.75. The van der Waals surface area contributed by atoms with Crippen molar-refractivity contribution in [1.82, 2.24) is 5.32 Å². The van der Waals surface area contributed by atoms with E-state index in [2.05, 4.69) is 12.2 Å². The zero-order valence-electron chi connectivity index (χ0n) is 8.59. The van der Waals surface area contributed by atoms with Crippen LogP contribution in [0.3, 0.4) is 0 Å². The molecule has 13 heavy (non-hydrogen) atoms. The molecule has 2 fully saturated rings. The Morgan fingerprint density at radius 3 is 3.00 bits per heavy atom. The van der Waals surface area contributed by atoms with E-state index in [1.165, 1.54) is 25.7 Å². The molecule has 3 unspecified atom stereocenters. The summed E-state index contributed by atoms with van der Waals surface area (Å²) in [6.07, 6.45) is 7.16. The van der Waals surface area contributed by atoms with Crippen LogP contribution in [0.4, 0.5) is 0 Å². The summed E-state index contributed by atoms with van der Waals surface area (Å²) < 4.78 is 5.86. The molecule has 1 aliphatic heterocycles. The van der Waals surface area contributed by atoms with Crippen molar-refractivity contribution < 1.29 is 4.74 Å². The number of ether oxygens (including phenoxy) is 1. The first kappa shape index (κ1) is 9.47. The summed E-state index contributed by atoms with van der Waals surface area (Å²) in [5, 5.41) is 3.66. The first-order valence-electron chi connectivity index (χ1n) is 5.75. The van der Waals surface area contributed by atoms with E-state index in [4.69, 9.17) is 4.74 Å². The summed E-state index contributed by atoms with van der Waals surface area (Å²) in [7, 11) is 0. The predicted molar refractivity (Wildman–Crippen MR) is 53.8 cm³/mol. The van der Waals surface area contributed by atoms with Gasteiger partial charge in [0.25, 0.3) is 0 Å². The van der Waals surface area contributed by atoms with E-state index in [1.54, 1.807) is 0 Å². The van der Waals surface area contributed by atoms with Crippen molar-refractivity contribution in [3.05, 3.63) is 0 Å². The molecule has 2 rings (SSSR count). The quantitative estimate of drug-likeness (QED) is 0.671. The second-order valence-corrected chi connectivity index (χ2v) is 4.42. The summed E-state index contributed by atoms with van der Waals surface area (Å²) in [4.78, 5) is 0. The highest BCUT2D eigenvalue weighted by atomic mass is 16.5. The van der Waals surface area contributed by atoms with Gasteiger partial charge in [0.05, 0.1) is 12.7 Å². The van der Waals surface area contributed by atoms with Crippen LogP contribution in [0.2, 0.25) is 0 Å². The summed E-state index contributed by atoms with van der Waals surface area (Å²) in [6.45, 7) is 4.27. The zero-order valence-corrected chi connectivity index (χ0v) is 8.59. The molecular formula is C11H21NO. The summed E-state index contributed by atoms with van der Waals surface area (Å²) in [6, 6.07) is 0.755. The minimum absolute atomic E-state index is 0.464. The second kappa shape index (κ2) is 4.43. The molecule has 0 bridgehead atoms. The molecule has 0 amide bonds. The van der Waals surface area contributed by atoms with E-state index in [-0.39, 0.29) is 0 Å². The minimum atomic E-state index is 0.464. The Bertz CT molecular complexity index is 144. The van der Waals surface area contributed by atoms with Crippen LogP contribution < -0.4 is 5.32 Å². The van der Waals surface area contributed by atoms with E-state index in [9.17, 15) is 0 Å². The third kappa shape index (κ3) is 2.23. The molecule has 3 atom stereocenters. The van der Waals surface area contributed by atoms with E-state index < -0.39 is 0 Å². The summed E-state index contributed by atoms with van der Waals surface area (Å²) >= 11 is 0. The van der Waals surface area contributed by atoms with Crippen molar-refractivity contribution in [2.75, 3.05) is 13.2 Å². The van der Waals surface area contributed by atoms with Crippen molar-refractivity contribution in [2.24, 2.45) is 5.92 Å². The van der Waals surface area contributed by atoms with Crippen molar-refractivity contribution in [3.8, 4) is 0 Å². The Morgan fingerprint density at radius 2 is 2.15 bits per heavy atom. The molecule has 1 heterocycles. The lowest BCUT2D eigenvalue weighted by Crippen LogP contribution is -2.39. The molecule has 0 aromatic heterocycles. The fraction of sp³-hybridized carbons (Fsp3) is 1.00. The lowest BCUT2D eigenvalue weighted by molar-refractivity contribution is 0.0389. The molecule has 1 aliphatic carbocycles. The number of hydrogen-bond acceptors (Lipinski definition) is 2. The SMILES string of the molecule is CCC1CNC2CCCCC2CO1. The topological polar surface area (TPSA) is 21.3 Å². The molecule has 0 spiro atoms. The Hall–Kier alpha value is -0.0800. The van der Waals surface area contributed by atoms with Crippen molar-refractivity contribution in [3.63, 3.8) is 0 Å². The Labute approximate surface area is 81.0 Å². The van der Waals surface area contributed by atoms with Crippen LogP contribution in [0.1, 0.15) is 39.0 Å². The maximum absolute atomic E-state index is 5.86. The molecule has 2 nitrogen and oxygen atoms in total. The van der Waals surface area contributed by atoms with Gasteiger partial charge in [0.1, 0.15) is 0 Å². The monoisotopic (exact) mass is 183 g/mol. The number of hydrogen-bond donors (Lipinski definition) is 1. The van der Waals surface area contributed by atoms with Crippen LogP contribution in [0, 0.1) is 5.92 Å². The Kier molecular flexibility index (Phi) is 3.23. The largest absolute Gasteiger partial charge is 0.377 e. The van der Waals surface area contributed by atoms with Gasteiger partial charge in [-0.05, 0) is 25.2 Å². The first-order chi connectivity index (χ1) is 6.40. The van der Waals surface area contributed by atoms with Gasteiger partial charge in [-0.1, -0.05) is 19.8 Å². The highest BCUT2D eigenvalue weighted by Crippen LogP contribution is 2.26. The fourth-order valence-electron chi connectivity index (χ4n) is 2.54. The van der Waals surface area contributed by atoms with Gasteiger partial charge in [-0.15, -0.1) is 0 Å². The molecule has 76 valence electrons. The number of fused-ring (bicyclic) bond motifs is 1. The molecule has 1 saturated carbocycles. The smallest absolute Gasteiger partial charge is 0.0697 e. The van der Waals surface area contributed by atoms with Gasteiger partial charge in [-0.25, -0.2) is 0 Å². The highest BCUT2D eigenvalue weighted by molar-refractivity contribution is 4.84. The predicted octanol–water partition coefficient (Wildman–Crippen LogP) is 1.94. The van der Waals surface area contributed by atoms with Gasteiger partial charge in [0.2, 0.25) is 0 Å². The van der Waals surface area contributed by atoms with Gasteiger partial charge in [0, 0.05) is 12.6 Å². The molecule has 0 radical (unpaired) electrons. The van der Waals surface area contributed by atoms with Crippen LogP contribution in [-0.4, -0.2) is 25.3 Å². The standard InChI is InChI=1S/C11H21NO/c1-2-10-7-12-11-6-4-3-5-9(11)8-13-10/h9-12H,2-8H2,1H3. The van der Waals surface area contributed by atoms with Crippen molar-refractivity contribution in [1.29, 1.82) is 0 Å². The summed E-state index contributed by atoms with van der Waals surface area (Å²) in [5.74, 6) is 0.797. The molecular weight excluding hydrogens is 162 g/mol. The maximum atomic E-state index is 5.86. The minimum Gasteiger partial charge on any atom is -0.377 e. The van der Waals surface area contributed by atoms with Crippen LogP contribution in [0.5, 0.6) is 0 Å². The van der Waals surface area contributed by atoms with Gasteiger partial charge >= 0.3 is 0 Å². The second-order valence-electron chi connectivity index (χ2n) is 4.42. The Morgan fingerprint density at radius 1 is 1.31 bits per heavy atom. The van der Waals surface area contributed by atoms with Crippen LogP contribution in [0.15, 0.2) is 0 Å². The number of nitrogens with one attached hydrogen (secondary N) is 1. The molecule has 2 heteroatoms. The highest BCUT2D eigenvalue weighted by Gasteiger charge is 2.28. The van der Waals surface area contributed by atoms with Crippen molar-refractivity contribution in [2.45, 2.75) is 51.2 Å².